The fraction of sp³-hybridized carbons (Fsp3) is 0.455. The summed E-state index contributed by atoms with van der Waals surface area (Å²) < 4.78 is 40.1. The summed E-state index contributed by atoms with van der Waals surface area (Å²) in [5.74, 6) is -0.494. The van der Waals surface area contributed by atoms with Gasteiger partial charge >= 0.3 is 6.36 Å². The van der Waals surface area contributed by atoms with Gasteiger partial charge in [-0.25, -0.2) is 0 Å². The van der Waals surface area contributed by atoms with E-state index in [1.54, 1.807) is 6.92 Å². The normalized spacial score (nSPS) is 13.1. The Morgan fingerprint density at radius 1 is 1.53 bits per heavy atom. The van der Waals surface area contributed by atoms with E-state index in [2.05, 4.69) is 31.0 Å². The van der Waals surface area contributed by atoms with Crippen molar-refractivity contribution in [3.8, 4) is 0 Å². The molecule has 0 aromatic carbocycles. The summed E-state index contributed by atoms with van der Waals surface area (Å²) >= 11 is 3.15. The second-order valence-electron chi connectivity index (χ2n) is 3.73. The number of aromatic nitrogens is 1. The van der Waals surface area contributed by atoms with Crippen LogP contribution in [0.5, 0.6) is 0 Å². The number of ether oxygens (including phenoxy) is 1. The molecule has 0 radical (unpaired) electrons. The average Bonchev–Trinajstić information content (AvgIpc) is 2.33. The summed E-state index contributed by atoms with van der Waals surface area (Å²) in [5.41, 5.74) is 0.264. The molecule has 0 aliphatic heterocycles. The van der Waals surface area contributed by atoms with Crippen molar-refractivity contribution in [2.45, 2.75) is 25.7 Å². The zero-order chi connectivity index (χ0) is 14.5. The first kappa shape index (κ1) is 15.9. The molecule has 1 N–H and O–H groups in total. The monoisotopic (exact) mass is 340 g/mol. The van der Waals surface area contributed by atoms with Crippen molar-refractivity contribution in [1.82, 2.24) is 10.3 Å². The zero-order valence-corrected chi connectivity index (χ0v) is 11.6. The number of carbonyl (C=O) groups is 1. The molecule has 19 heavy (non-hydrogen) atoms. The van der Waals surface area contributed by atoms with Gasteiger partial charge in [-0.3, -0.25) is 14.5 Å². The first-order chi connectivity index (χ1) is 8.81. The van der Waals surface area contributed by atoms with E-state index in [0.717, 1.165) is 0 Å². The lowest BCUT2D eigenvalue weighted by Crippen LogP contribution is -2.39. The Morgan fingerprint density at radius 3 is 2.74 bits per heavy atom. The van der Waals surface area contributed by atoms with Crippen molar-refractivity contribution >= 4 is 21.8 Å². The van der Waals surface area contributed by atoms with Crippen LogP contribution in [0.1, 0.15) is 23.7 Å². The minimum atomic E-state index is -4.70. The van der Waals surface area contributed by atoms with Gasteiger partial charge in [0, 0.05) is 16.9 Å². The first-order valence-corrected chi connectivity index (χ1v) is 6.23. The molecule has 1 aromatic heterocycles. The molecule has 0 saturated carbocycles. The van der Waals surface area contributed by atoms with E-state index in [1.165, 1.54) is 18.5 Å². The van der Waals surface area contributed by atoms with E-state index < -0.39 is 24.9 Å². The Bertz CT molecular complexity index is 440. The third-order valence-electron chi connectivity index (χ3n) is 2.24. The van der Waals surface area contributed by atoms with Crippen molar-refractivity contribution in [1.29, 1.82) is 0 Å². The van der Waals surface area contributed by atoms with Crippen LogP contribution in [0.2, 0.25) is 0 Å². The SMILES string of the molecule is CCC(COC(F)(F)F)NC(=O)c1cncc(Br)c1. The van der Waals surface area contributed by atoms with Gasteiger partial charge in [0.2, 0.25) is 0 Å². The lowest BCUT2D eigenvalue weighted by molar-refractivity contribution is -0.326. The molecule has 0 spiro atoms. The summed E-state index contributed by atoms with van der Waals surface area (Å²) in [4.78, 5) is 15.6. The van der Waals surface area contributed by atoms with Gasteiger partial charge in [0.25, 0.3) is 5.91 Å². The van der Waals surface area contributed by atoms with E-state index in [-0.39, 0.29) is 5.56 Å². The maximum atomic E-state index is 11.9. The Kier molecular flexibility index (Phi) is 5.74. The number of alkyl halides is 3. The standard InChI is InChI=1S/C11H12BrF3N2O2/c1-2-9(6-19-11(13,14)15)17-10(18)7-3-8(12)5-16-4-7/h3-5,9H,2,6H2,1H3,(H,17,18). The number of halogens is 4. The molecule has 1 heterocycles. The van der Waals surface area contributed by atoms with E-state index in [9.17, 15) is 18.0 Å². The summed E-state index contributed by atoms with van der Waals surface area (Å²) in [6.45, 7) is 1.04. The lowest BCUT2D eigenvalue weighted by atomic mass is 10.2. The van der Waals surface area contributed by atoms with Crippen LogP contribution in [-0.2, 0) is 4.74 Å². The minimum Gasteiger partial charge on any atom is -0.347 e. The summed E-state index contributed by atoms with van der Waals surface area (Å²) in [5, 5.41) is 2.46. The van der Waals surface area contributed by atoms with Gasteiger partial charge < -0.3 is 5.32 Å². The number of hydrogen-bond acceptors (Lipinski definition) is 3. The molecular weight excluding hydrogens is 329 g/mol. The van der Waals surface area contributed by atoms with Gasteiger partial charge in [-0.1, -0.05) is 6.92 Å². The van der Waals surface area contributed by atoms with Gasteiger partial charge in [-0.05, 0) is 28.4 Å². The number of hydrogen-bond donors (Lipinski definition) is 1. The Labute approximate surface area is 116 Å². The topological polar surface area (TPSA) is 51.2 Å². The van der Waals surface area contributed by atoms with Crippen molar-refractivity contribution in [2.75, 3.05) is 6.61 Å². The van der Waals surface area contributed by atoms with E-state index in [0.29, 0.717) is 10.9 Å². The molecule has 0 fully saturated rings. The molecule has 1 atom stereocenters. The highest BCUT2D eigenvalue weighted by Gasteiger charge is 2.30. The van der Waals surface area contributed by atoms with Crippen LogP contribution >= 0.6 is 15.9 Å². The van der Waals surface area contributed by atoms with E-state index >= 15 is 0 Å². The number of amides is 1. The van der Waals surface area contributed by atoms with E-state index in [4.69, 9.17) is 0 Å². The van der Waals surface area contributed by atoms with Crippen molar-refractivity contribution in [3.05, 3.63) is 28.5 Å². The molecule has 1 unspecified atom stereocenters. The second kappa shape index (κ2) is 6.85. The average molecular weight is 341 g/mol. The van der Waals surface area contributed by atoms with Gasteiger partial charge in [-0.15, -0.1) is 13.2 Å². The second-order valence-corrected chi connectivity index (χ2v) is 4.64. The molecule has 0 aliphatic rings. The maximum Gasteiger partial charge on any atom is 0.522 e. The minimum absolute atomic E-state index is 0.264. The molecule has 106 valence electrons. The van der Waals surface area contributed by atoms with Crippen LogP contribution in [-0.4, -0.2) is 29.9 Å². The molecule has 1 aromatic rings. The maximum absolute atomic E-state index is 11.9. The van der Waals surface area contributed by atoms with Crippen LogP contribution in [0.3, 0.4) is 0 Å². The van der Waals surface area contributed by atoms with Crippen LogP contribution in [0, 0.1) is 0 Å². The van der Waals surface area contributed by atoms with Crippen molar-refractivity contribution in [3.63, 3.8) is 0 Å². The fourth-order valence-corrected chi connectivity index (χ4v) is 1.63. The molecule has 4 nitrogen and oxygen atoms in total. The fourth-order valence-electron chi connectivity index (χ4n) is 1.26. The Balaban J connectivity index is 2.58. The molecule has 0 aliphatic carbocycles. The smallest absolute Gasteiger partial charge is 0.347 e. The number of carbonyl (C=O) groups excluding carboxylic acids is 1. The molecule has 1 rings (SSSR count). The van der Waals surface area contributed by atoms with Gasteiger partial charge in [0.1, 0.15) is 0 Å². The highest BCUT2D eigenvalue weighted by atomic mass is 79.9. The van der Waals surface area contributed by atoms with Crippen LogP contribution < -0.4 is 5.32 Å². The van der Waals surface area contributed by atoms with Gasteiger partial charge in [0.05, 0.1) is 18.2 Å². The van der Waals surface area contributed by atoms with Gasteiger partial charge in [0.15, 0.2) is 0 Å². The quantitative estimate of drug-likeness (QED) is 0.896. The summed E-state index contributed by atoms with van der Waals surface area (Å²) in [7, 11) is 0. The van der Waals surface area contributed by atoms with Crippen molar-refractivity contribution < 1.29 is 22.7 Å². The highest BCUT2D eigenvalue weighted by molar-refractivity contribution is 9.10. The number of nitrogens with zero attached hydrogens (tertiary/aromatic N) is 1. The molecule has 0 saturated heterocycles. The predicted octanol–water partition coefficient (Wildman–Crippen LogP) is 2.89. The Hall–Kier alpha value is -1.15. The summed E-state index contributed by atoms with van der Waals surface area (Å²) in [6.07, 6.45) is -1.54. The first-order valence-electron chi connectivity index (χ1n) is 5.44. The molecule has 0 bridgehead atoms. The van der Waals surface area contributed by atoms with Crippen LogP contribution in [0.4, 0.5) is 13.2 Å². The third kappa shape index (κ3) is 6.02. The number of rotatable bonds is 5. The van der Waals surface area contributed by atoms with Crippen LogP contribution in [0.15, 0.2) is 22.9 Å². The third-order valence-corrected chi connectivity index (χ3v) is 2.68. The lowest BCUT2D eigenvalue weighted by Gasteiger charge is -2.18. The Morgan fingerprint density at radius 2 is 2.21 bits per heavy atom. The summed E-state index contributed by atoms with van der Waals surface area (Å²) in [6, 6.07) is 0.813. The van der Waals surface area contributed by atoms with E-state index in [1.807, 2.05) is 0 Å². The highest BCUT2D eigenvalue weighted by Crippen LogP contribution is 2.17. The van der Waals surface area contributed by atoms with Crippen LogP contribution in [0.25, 0.3) is 0 Å². The van der Waals surface area contributed by atoms with Gasteiger partial charge in [-0.2, -0.15) is 0 Å². The zero-order valence-electron chi connectivity index (χ0n) is 10.00. The molecule has 8 heteroatoms. The number of pyridine rings is 1. The molecule has 1 amide bonds. The van der Waals surface area contributed by atoms with Crippen molar-refractivity contribution in [2.24, 2.45) is 0 Å². The number of nitrogens with one attached hydrogen (secondary N) is 1. The predicted molar refractivity (Wildman–Crippen MR) is 65.5 cm³/mol. The largest absolute Gasteiger partial charge is 0.522 e. The molecular formula is C11H12BrF3N2O2.